The molecule has 2 aliphatic heterocycles. The first kappa shape index (κ1) is 5.69. The third-order valence-electron chi connectivity index (χ3n) is 2.25. The van der Waals surface area contributed by atoms with Gasteiger partial charge in [0, 0.05) is 6.42 Å². The Morgan fingerprint density at radius 3 is 2.11 bits per heavy atom. The lowest BCUT2D eigenvalue weighted by Gasteiger charge is -2.17. The van der Waals surface area contributed by atoms with Crippen molar-refractivity contribution in [2.24, 2.45) is 0 Å². The normalized spacial score (nSPS) is 56.7. The van der Waals surface area contributed by atoms with Gasteiger partial charge in [0.25, 0.3) is 0 Å². The number of hydrogen-bond donors (Lipinski definition) is 0. The molecule has 0 N–H and O–H groups in total. The second kappa shape index (κ2) is 1.32. The van der Waals surface area contributed by atoms with E-state index in [1.807, 2.05) is 6.92 Å². The first-order valence-electron chi connectivity index (χ1n) is 3.46. The summed E-state index contributed by atoms with van der Waals surface area (Å²) in [7, 11) is 0. The Hall–Kier alpha value is -0.0800. The summed E-state index contributed by atoms with van der Waals surface area (Å²) in [5.41, 5.74) is 0.0503. The van der Waals surface area contributed by atoms with E-state index in [9.17, 15) is 0 Å². The summed E-state index contributed by atoms with van der Waals surface area (Å²) in [6.45, 7) is 4.92. The molecule has 0 radical (unpaired) electrons. The largest absolute Gasteiger partial charge is 0.347 e. The van der Waals surface area contributed by atoms with Gasteiger partial charge in [-0.2, -0.15) is 0 Å². The van der Waals surface area contributed by atoms with E-state index in [1.165, 1.54) is 0 Å². The SMILES string of the molecule is CC12CCC(C)(OC1)O2. The molecule has 2 heteroatoms. The zero-order valence-corrected chi connectivity index (χ0v) is 5.94. The van der Waals surface area contributed by atoms with Gasteiger partial charge in [-0.1, -0.05) is 0 Å². The lowest BCUT2D eigenvalue weighted by Crippen LogP contribution is -2.25. The molecule has 2 bridgehead atoms. The lowest BCUT2D eigenvalue weighted by atomic mass is 10.0. The third-order valence-corrected chi connectivity index (χ3v) is 2.25. The van der Waals surface area contributed by atoms with Crippen LogP contribution in [0, 0.1) is 0 Å². The Kier molecular flexibility index (Phi) is 0.837. The van der Waals surface area contributed by atoms with Crippen LogP contribution in [0.4, 0.5) is 0 Å². The van der Waals surface area contributed by atoms with E-state index < -0.39 is 0 Å². The third kappa shape index (κ3) is 0.700. The summed E-state index contributed by atoms with van der Waals surface area (Å²) in [6.07, 6.45) is 2.22. The van der Waals surface area contributed by atoms with Crippen LogP contribution in [0.25, 0.3) is 0 Å². The van der Waals surface area contributed by atoms with Gasteiger partial charge in [0.1, 0.15) is 0 Å². The lowest BCUT2D eigenvalue weighted by molar-refractivity contribution is -0.136. The first-order chi connectivity index (χ1) is 4.12. The molecule has 0 saturated carbocycles. The fourth-order valence-corrected chi connectivity index (χ4v) is 1.62. The van der Waals surface area contributed by atoms with Crippen molar-refractivity contribution in [3.05, 3.63) is 0 Å². The minimum Gasteiger partial charge on any atom is -0.347 e. The van der Waals surface area contributed by atoms with Crippen molar-refractivity contribution in [2.75, 3.05) is 6.61 Å². The van der Waals surface area contributed by atoms with Crippen LogP contribution in [-0.2, 0) is 9.47 Å². The van der Waals surface area contributed by atoms with Crippen molar-refractivity contribution < 1.29 is 9.47 Å². The van der Waals surface area contributed by atoms with Crippen molar-refractivity contribution in [1.82, 2.24) is 0 Å². The summed E-state index contributed by atoms with van der Waals surface area (Å²) < 4.78 is 11.0. The number of fused-ring (bicyclic) bond motifs is 2. The minimum atomic E-state index is -0.227. The summed E-state index contributed by atoms with van der Waals surface area (Å²) in [5, 5.41) is 0. The quantitative estimate of drug-likeness (QED) is 0.489. The zero-order chi connectivity index (χ0) is 6.54. The number of ether oxygens (including phenoxy) is 2. The highest BCUT2D eigenvalue weighted by molar-refractivity contribution is 4.93. The Morgan fingerprint density at radius 1 is 1.22 bits per heavy atom. The van der Waals surface area contributed by atoms with Crippen LogP contribution in [0.1, 0.15) is 26.7 Å². The molecule has 9 heavy (non-hydrogen) atoms. The summed E-state index contributed by atoms with van der Waals surface area (Å²) in [6, 6.07) is 0. The van der Waals surface area contributed by atoms with Crippen LogP contribution < -0.4 is 0 Å². The monoisotopic (exact) mass is 128 g/mol. The van der Waals surface area contributed by atoms with Gasteiger partial charge in [-0.05, 0) is 20.3 Å². The van der Waals surface area contributed by atoms with Crippen LogP contribution in [0.3, 0.4) is 0 Å². The van der Waals surface area contributed by atoms with Crippen molar-refractivity contribution in [1.29, 1.82) is 0 Å². The molecular weight excluding hydrogens is 116 g/mol. The van der Waals surface area contributed by atoms with Gasteiger partial charge in [0.2, 0.25) is 0 Å². The summed E-state index contributed by atoms with van der Waals surface area (Å²) in [5.74, 6) is -0.227. The van der Waals surface area contributed by atoms with E-state index in [1.54, 1.807) is 0 Å². The average molecular weight is 128 g/mol. The van der Waals surface area contributed by atoms with Crippen LogP contribution >= 0.6 is 0 Å². The molecule has 2 rings (SSSR count). The molecule has 2 saturated heterocycles. The van der Waals surface area contributed by atoms with E-state index in [4.69, 9.17) is 9.47 Å². The second-order valence-corrected chi connectivity index (χ2v) is 3.47. The Balaban J connectivity index is 2.25. The van der Waals surface area contributed by atoms with Gasteiger partial charge in [0.05, 0.1) is 12.2 Å². The molecule has 52 valence electrons. The number of rotatable bonds is 0. The predicted molar refractivity (Wildman–Crippen MR) is 33.1 cm³/mol. The fraction of sp³-hybridized carbons (Fsp3) is 1.00. The highest BCUT2D eigenvalue weighted by Crippen LogP contribution is 2.44. The van der Waals surface area contributed by atoms with Crippen molar-refractivity contribution in [2.45, 2.75) is 38.1 Å². The molecule has 2 atom stereocenters. The molecule has 2 unspecified atom stereocenters. The molecule has 0 aliphatic carbocycles. The van der Waals surface area contributed by atoms with E-state index >= 15 is 0 Å². The van der Waals surface area contributed by atoms with Crippen molar-refractivity contribution in [3.8, 4) is 0 Å². The molecule has 2 fully saturated rings. The summed E-state index contributed by atoms with van der Waals surface area (Å²) in [4.78, 5) is 0. The minimum absolute atomic E-state index is 0.0503. The Morgan fingerprint density at radius 2 is 2.00 bits per heavy atom. The average Bonchev–Trinajstić information content (AvgIpc) is 2.19. The van der Waals surface area contributed by atoms with E-state index in [0.717, 1.165) is 19.4 Å². The molecule has 0 spiro atoms. The van der Waals surface area contributed by atoms with E-state index in [-0.39, 0.29) is 11.4 Å². The Bertz CT molecular complexity index is 118. The van der Waals surface area contributed by atoms with Crippen molar-refractivity contribution >= 4 is 0 Å². The first-order valence-corrected chi connectivity index (χ1v) is 3.46. The van der Waals surface area contributed by atoms with Gasteiger partial charge in [-0.15, -0.1) is 0 Å². The zero-order valence-electron chi connectivity index (χ0n) is 5.94. The highest BCUT2D eigenvalue weighted by atomic mass is 16.8. The maximum absolute atomic E-state index is 5.62. The molecular formula is C7H12O2. The maximum atomic E-state index is 5.62. The highest BCUT2D eigenvalue weighted by Gasteiger charge is 2.51. The molecule has 2 nitrogen and oxygen atoms in total. The van der Waals surface area contributed by atoms with E-state index in [0.29, 0.717) is 0 Å². The van der Waals surface area contributed by atoms with Gasteiger partial charge in [0.15, 0.2) is 5.79 Å². The smallest absolute Gasteiger partial charge is 0.166 e. The van der Waals surface area contributed by atoms with Gasteiger partial charge in [-0.25, -0.2) is 0 Å². The van der Waals surface area contributed by atoms with Gasteiger partial charge >= 0.3 is 0 Å². The van der Waals surface area contributed by atoms with Gasteiger partial charge < -0.3 is 9.47 Å². The molecule has 0 aromatic rings. The topological polar surface area (TPSA) is 18.5 Å². The molecule has 2 heterocycles. The predicted octanol–water partition coefficient (Wildman–Crippen LogP) is 1.30. The molecule has 0 aromatic heterocycles. The van der Waals surface area contributed by atoms with Gasteiger partial charge in [-0.3, -0.25) is 0 Å². The number of hydrogen-bond acceptors (Lipinski definition) is 2. The molecule has 0 aromatic carbocycles. The standard InChI is InChI=1S/C7H12O2/c1-6-3-4-7(2,9-6)8-5-6/h3-5H2,1-2H3. The van der Waals surface area contributed by atoms with Crippen LogP contribution in [-0.4, -0.2) is 18.0 Å². The van der Waals surface area contributed by atoms with Crippen LogP contribution in [0.15, 0.2) is 0 Å². The van der Waals surface area contributed by atoms with Crippen LogP contribution in [0.2, 0.25) is 0 Å². The van der Waals surface area contributed by atoms with Crippen LogP contribution in [0.5, 0.6) is 0 Å². The Labute approximate surface area is 55.1 Å². The summed E-state index contributed by atoms with van der Waals surface area (Å²) >= 11 is 0. The fourth-order valence-electron chi connectivity index (χ4n) is 1.62. The van der Waals surface area contributed by atoms with Crippen molar-refractivity contribution in [3.63, 3.8) is 0 Å². The molecule has 2 aliphatic rings. The molecule has 0 amide bonds. The maximum Gasteiger partial charge on any atom is 0.166 e. The second-order valence-electron chi connectivity index (χ2n) is 3.47. The van der Waals surface area contributed by atoms with E-state index in [2.05, 4.69) is 6.92 Å².